The van der Waals surface area contributed by atoms with E-state index in [1.54, 1.807) is 48.5 Å². The lowest BCUT2D eigenvalue weighted by molar-refractivity contribution is -0.123. The molecule has 0 saturated carbocycles. The third-order valence-corrected chi connectivity index (χ3v) is 4.56. The van der Waals surface area contributed by atoms with Gasteiger partial charge in [-0.2, -0.15) is 0 Å². The second kappa shape index (κ2) is 13.9. The minimum Gasteiger partial charge on any atom is -0.494 e. The summed E-state index contributed by atoms with van der Waals surface area (Å²) >= 11 is 5.04. The summed E-state index contributed by atoms with van der Waals surface area (Å²) in [7, 11) is 1.51. The number of hydrogen-bond donors (Lipinski definition) is 3. The van der Waals surface area contributed by atoms with Gasteiger partial charge in [0.05, 0.1) is 13.7 Å². The zero-order chi connectivity index (χ0) is 23.2. The van der Waals surface area contributed by atoms with E-state index in [-0.39, 0.29) is 11.7 Å². The van der Waals surface area contributed by atoms with E-state index in [4.69, 9.17) is 26.4 Å². The predicted octanol–water partition coefficient (Wildman–Crippen LogP) is 3.37. The molecule has 0 aliphatic rings. The number of nitrogens with one attached hydrogen (secondary N) is 3. The Morgan fingerprint density at radius 2 is 1.62 bits per heavy atom. The van der Waals surface area contributed by atoms with Crippen molar-refractivity contribution in [2.75, 3.05) is 20.3 Å². The van der Waals surface area contributed by atoms with Crippen molar-refractivity contribution in [1.82, 2.24) is 16.2 Å². The van der Waals surface area contributed by atoms with Gasteiger partial charge in [0.1, 0.15) is 5.75 Å². The molecule has 0 heterocycles. The molecule has 0 saturated heterocycles. The highest BCUT2D eigenvalue weighted by Gasteiger charge is 2.10. The Morgan fingerprint density at radius 3 is 2.31 bits per heavy atom. The van der Waals surface area contributed by atoms with Crippen LogP contribution in [0.15, 0.2) is 48.5 Å². The molecule has 0 radical (unpaired) electrons. The third-order valence-electron chi connectivity index (χ3n) is 4.35. The molecule has 8 nitrogen and oxygen atoms in total. The van der Waals surface area contributed by atoms with Crippen molar-refractivity contribution < 1.29 is 23.8 Å². The van der Waals surface area contributed by atoms with Gasteiger partial charge in [-0.15, -0.1) is 0 Å². The van der Waals surface area contributed by atoms with E-state index in [0.29, 0.717) is 29.4 Å². The largest absolute Gasteiger partial charge is 0.494 e. The lowest BCUT2D eigenvalue weighted by Gasteiger charge is -2.13. The van der Waals surface area contributed by atoms with E-state index < -0.39 is 11.8 Å². The number of methoxy groups -OCH3 is 1. The summed E-state index contributed by atoms with van der Waals surface area (Å²) in [6, 6.07) is 13.8. The van der Waals surface area contributed by atoms with Crippen LogP contribution < -0.4 is 30.4 Å². The molecule has 0 spiro atoms. The van der Waals surface area contributed by atoms with Gasteiger partial charge in [0.15, 0.2) is 23.2 Å². The number of carbonyl (C=O) groups is 2. The van der Waals surface area contributed by atoms with E-state index in [0.717, 1.165) is 12.8 Å². The molecule has 0 aliphatic carbocycles. The standard InChI is InChI=1S/C23H29N3O5S/c1-3-4-5-8-15-30-18-13-11-17(12-14-18)22(28)24-23(32)26-25-21(27)16-31-20-10-7-6-9-19(20)29-2/h6-7,9-14H,3-5,8,15-16H2,1-2H3,(H,25,27)(H2,24,26,28,32). The maximum Gasteiger partial charge on any atom is 0.276 e. The van der Waals surface area contributed by atoms with Gasteiger partial charge in [0, 0.05) is 5.56 Å². The van der Waals surface area contributed by atoms with Crippen molar-refractivity contribution in [2.24, 2.45) is 0 Å². The number of carbonyl (C=O) groups excluding carboxylic acids is 2. The van der Waals surface area contributed by atoms with E-state index in [1.807, 2.05) is 0 Å². The lowest BCUT2D eigenvalue weighted by atomic mass is 10.2. The van der Waals surface area contributed by atoms with Crippen LogP contribution in [-0.4, -0.2) is 37.3 Å². The monoisotopic (exact) mass is 459 g/mol. The van der Waals surface area contributed by atoms with Gasteiger partial charge in [-0.25, -0.2) is 0 Å². The molecule has 0 atom stereocenters. The fourth-order valence-electron chi connectivity index (χ4n) is 2.67. The fraction of sp³-hybridized carbons (Fsp3) is 0.348. The molecule has 0 unspecified atom stereocenters. The number of hydrogen-bond acceptors (Lipinski definition) is 6. The topological polar surface area (TPSA) is 97.9 Å². The number of para-hydroxylation sites is 2. The molecule has 0 bridgehead atoms. The highest BCUT2D eigenvalue weighted by atomic mass is 32.1. The second-order valence-corrected chi connectivity index (χ2v) is 7.24. The first-order valence-corrected chi connectivity index (χ1v) is 10.8. The molecule has 0 aliphatic heterocycles. The first kappa shape index (κ1) is 24.9. The maximum atomic E-state index is 12.3. The van der Waals surface area contributed by atoms with E-state index >= 15 is 0 Å². The first-order chi connectivity index (χ1) is 15.5. The van der Waals surface area contributed by atoms with Gasteiger partial charge >= 0.3 is 0 Å². The predicted molar refractivity (Wildman–Crippen MR) is 126 cm³/mol. The summed E-state index contributed by atoms with van der Waals surface area (Å²) < 4.78 is 16.2. The summed E-state index contributed by atoms with van der Waals surface area (Å²) in [5.74, 6) is 0.781. The number of thiocarbonyl (C=S) groups is 1. The highest BCUT2D eigenvalue weighted by molar-refractivity contribution is 7.80. The molecule has 2 aromatic rings. The number of rotatable bonds is 11. The van der Waals surface area contributed by atoms with Crippen LogP contribution in [0.3, 0.4) is 0 Å². The van der Waals surface area contributed by atoms with Gasteiger partial charge in [0.25, 0.3) is 11.8 Å². The van der Waals surface area contributed by atoms with E-state index in [9.17, 15) is 9.59 Å². The second-order valence-electron chi connectivity index (χ2n) is 6.83. The maximum absolute atomic E-state index is 12.3. The van der Waals surface area contributed by atoms with Crippen molar-refractivity contribution in [1.29, 1.82) is 0 Å². The summed E-state index contributed by atoms with van der Waals surface area (Å²) in [5.41, 5.74) is 5.25. The number of unbranched alkanes of at least 4 members (excludes halogenated alkanes) is 3. The Morgan fingerprint density at radius 1 is 0.906 bits per heavy atom. The Kier molecular flexibility index (Phi) is 10.8. The molecular weight excluding hydrogens is 430 g/mol. The minimum atomic E-state index is -0.479. The summed E-state index contributed by atoms with van der Waals surface area (Å²) in [4.78, 5) is 24.2. The van der Waals surface area contributed by atoms with Crippen LogP contribution >= 0.6 is 12.2 Å². The van der Waals surface area contributed by atoms with Gasteiger partial charge in [-0.3, -0.25) is 25.8 Å². The normalized spacial score (nSPS) is 10.1. The smallest absolute Gasteiger partial charge is 0.276 e. The number of benzene rings is 2. The average molecular weight is 460 g/mol. The summed E-state index contributed by atoms with van der Waals surface area (Å²) in [6.07, 6.45) is 4.53. The molecule has 9 heteroatoms. The average Bonchev–Trinajstić information content (AvgIpc) is 2.81. The summed E-state index contributed by atoms with van der Waals surface area (Å²) in [5, 5.41) is 2.45. The third kappa shape index (κ3) is 8.81. The molecule has 0 fully saturated rings. The highest BCUT2D eigenvalue weighted by Crippen LogP contribution is 2.25. The Hall–Kier alpha value is -3.33. The molecular formula is C23H29N3O5S. The minimum absolute atomic E-state index is 0.0445. The van der Waals surface area contributed by atoms with Gasteiger partial charge in [0.2, 0.25) is 0 Å². The van der Waals surface area contributed by atoms with Crippen LogP contribution in [0.25, 0.3) is 0 Å². The molecule has 32 heavy (non-hydrogen) atoms. The fourth-order valence-corrected chi connectivity index (χ4v) is 2.82. The molecule has 2 aromatic carbocycles. The van der Waals surface area contributed by atoms with Crippen molar-refractivity contribution in [3.8, 4) is 17.2 Å². The molecule has 2 amide bonds. The number of amides is 2. The van der Waals surface area contributed by atoms with Gasteiger partial charge in [-0.05, 0) is 55.0 Å². The van der Waals surface area contributed by atoms with Crippen LogP contribution in [0.5, 0.6) is 17.2 Å². The van der Waals surface area contributed by atoms with Crippen LogP contribution in [0.4, 0.5) is 0 Å². The van der Waals surface area contributed by atoms with Gasteiger partial charge < -0.3 is 14.2 Å². The number of ether oxygens (including phenoxy) is 3. The zero-order valence-electron chi connectivity index (χ0n) is 18.3. The Labute approximate surface area is 193 Å². The first-order valence-electron chi connectivity index (χ1n) is 10.4. The number of hydrazine groups is 1. The molecule has 2 rings (SSSR count). The molecule has 3 N–H and O–H groups in total. The van der Waals surface area contributed by atoms with Crippen molar-refractivity contribution in [3.05, 3.63) is 54.1 Å². The van der Waals surface area contributed by atoms with Gasteiger partial charge in [-0.1, -0.05) is 38.3 Å². The van der Waals surface area contributed by atoms with Crippen molar-refractivity contribution in [3.63, 3.8) is 0 Å². The summed E-state index contributed by atoms with van der Waals surface area (Å²) in [6.45, 7) is 2.56. The molecule has 172 valence electrons. The quantitative estimate of drug-likeness (QED) is 0.269. The van der Waals surface area contributed by atoms with Crippen LogP contribution in [-0.2, 0) is 4.79 Å². The SMILES string of the molecule is CCCCCCOc1ccc(C(=O)NC(=S)NNC(=O)COc2ccccc2OC)cc1. The lowest BCUT2D eigenvalue weighted by Crippen LogP contribution is -2.49. The Balaban J connectivity index is 1.69. The Bertz CT molecular complexity index is 889. The van der Waals surface area contributed by atoms with Crippen LogP contribution in [0.2, 0.25) is 0 Å². The van der Waals surface area contributed by atoms with Crippen molar-refractivity contribution >= 4 is 29.1 Å². The molecule has 0 aromatic heterocycles. The van der Waals surface area contributed by atoms with Crippen LogP contribution in [0.1, 0.15) is 43.0 Å². The zero-order valence-corrected chi connectivity index (χ0v) is 19.1. The van der Waals surface area contributed by atoms with Crippen molar-refractivity contribution in [2.45, 2.75) is 32.6 Å². The van der Waals surface area contributed by atoms with Crippen LogP contribution in [0, 0.1) is 0 Å². The van der Waals surface area contributed by atoms with E-state index in [2.05, 4.69) is 23.1 Å². The van der Waals surface area contributed by atoms with E-state index in [1.165, 1.54) is 20.0 Å².